The highest BCUT2D eigenvalue weighted by atomic mass is 16.5. The van der Waals surface area contributed by atoms with Gasteiger partial charge in [-0.3, -0.25) is 9.88 Å². The Morgan fingerprint density at radius 2 is 1.72 bits per heavy atom. The molecule has 3 rings (SSSR count). The normalized spacial score (nSPS) is 14.9. The van der Waals surface area contributed by atoms with Gasteiger partial charge in [-0.1, -0.05) is 6.07 Å². The highest BCUT2D eigenvalue weighted by Crippen LogP contribution is 2.38. The monoisotopic (exact) mass is 441 g/mol. The number of hydrogen-bond donors (Lipinski definition) is 1. The number of ether oxygens (including phenoxy) is 3. The molecule has 0 bridgehead atoms. The first-order chi connectivity index (χ1) is 15.6. The number of nitrogens with one attached hydrogen (secondary N) is 1. The molecule has 2 heterocycles. The van der Waals surface area contributed by atoms with Crippen LogP contribution in [0.3, 0.4) is 0 Å². The Morgan fingerprint density at radius 3 is 2.28 bits per heavy atom. The predicted octanol–water partition coefficient (Wildman–Crippen LogP) is 2.70. The van der Waals surface area contributed by atoms with E-state index in [4.69, 9.17) is 19.2 Å². The molecule has 0 amide bonds. The summed E-state index contributed by atoms with van der Waals surface area (Å²) in [5.41, 5.74) is 3.14. The fourth-order valence-corrected chi connectivity index (χ4v) is 3.87. The molecule has 0 spiro atoms. The van der Waals surface area contributed by atoms with Crippen molar-refractivity contribution in [1.82, 2.24) is 20.1 Å². The average molecular weight is 442 g/mol. The molecule has 8 heteroatoms. The summed E-state index contributed by atoms with van der Waals surface area (Å²) in [5.74, 6) is 2.94. The van der Waals surface area contributed by atoms with Gasteiger partial charge in [-0.25, -0.2) is 4.99 Å². The number of hydrogen-bond acceptors (Lipinski definition) is 6. The van der Waals surface area contributed by atoms with Crippen LogP contribution in [0.15, 0.2) is 35.3 Å². The first-order valence-electron chi connectivity index (χ1n) is 11.0. The van der Waals surface area contributed by atoms with Crippen LogP contribution in [0.25, 0.3) is 0 Å². The van der Waals surface area contributed by atoms with Crippen molar-refractivity contribution < 1.29 is 14.2 Å². The lowest BCUT2D eigenvalue weighted by atomic mass is 10.1. The second-order valence-electron chi connectivity index (χ2n) is 7.74. The number of methoxy groups -OCH3 is 3. The molecule has 174 valence electrons. The number of rotatable bonds is 8. The fraction of sp³-hybridized carbons (Fsp3) is 0.500. The number of aliphatic imine (C=N–C) groups is 1. The van der Waals surface area contributed by atoms with Gasteiger partial charge in [0.05, 0.1) is 33.6 Å². The molecule has 0 atom stereocenters. The van der Waals surface area contributed by atoms with E-state index in [1.54, 1.807) is 21.3 Å². The number of piperazine rings is 1. The zero-order valence-corrected chi connectivity index (χ0v) is 19.9. The number of guanidine groups is 1. The van der Waals surface area contributed by atoms with E-state index in [1.807, 2.05) is 37.3 Å². The number of aromatic nitrogens is 1. The van der Waals surface area contributed by atoms with Gasteiger partial charge in [0.15, 0.2) is 17.5 Å². The maximum absolute atomic E-state index is 5.49. The van der Waals surface area contributed by atoms with E-state index in [0.29, 0.717) is 23.8 Å². The van der Waals surface area contributed by atoms with E-state index >= 15 is 0 Å². The topological polar surface area (TPSA) is 71.5 Å². The van der Waals surface area contributed by atoms with Crippen LogP contribution in [-0.2, 0) is 13.1 Å². The molecule has 1 fully saturated rings. The van der Waals surface area contributed by atoms with Crippen molar-refractivity contribution in [3.63, 3.8) is 0 Å². The minimum absolute atomic E-state index is 0.579. The van der Waals surface area contributed by atoms with Crippen molar-refractivity contribution in [2.24, 2.45) is 4.99 Å². The van der Waals surface area contributed by atoms with E-state index in [2.05, 4.69) is 27.0 Å². The van der Waals surface area contributed by atoms with Crippen LogP contribution in [0.1, 0.15) is 23.9 Å². The van der Waals surface area contributed by atoms with Crippen LogP contribution < -0.4 is 19.5 Å². The molecule has 0 unspecified atom stereocenters. The molecule has 8 nitrogen and oxygen atoms in total. The third kappa shape index (κ3) is 6.03. The third-order valence-electron chi connectivity index (χ3n) is 5.47. The van der Waals surface area contributed by atoms with Crippen LogP contribution >= 0.6 is 0 Å². The SMILES string of the molecule is CCNC(=NCc1cccc(C)n1)N1CCN(Cc2cc(OC)c(OC)c(OC)c2)CC1. The summed E-state index contributed by atoms with van der Waals surface area (Å²) >= 11 is 0. The van der Waals surface area contributed by atoms with E-state index < -0.39 is 0 Å². The Balaban J connectivity index is 1.62. The summed E-state index contributed by atoms with van der Waals surface area (Å²) in [5, 5.41) is 3.43. The van der Waals surface area contributed by atoms with E-state index in [-0.39, 0.29) is 0 Å². The summed E-state index contributed by atoms with van der Waals surface area (Å²) < 4.78 is 16.4. The van der Waals surface area contributed by atoms with Crippen molar-refractivity contribution >= 4 is 5.96 Å². The number of nitrogens with zero attached hydrogens (tertiary/aromatic N) is 4. The lowest BCUT2D eigenvalue weighted by Gasteiger charge is -2.36. The standard InChI is InChI=1S/C24H35N5O3/c1-6-25-24(26-16-20-9-7-8-18(2)27-20)29-12-10-28(11-13-29)17-19-14-21(30-3)23(32-5)22(15-19)31-4/h7-9,14-15H,6,10-13,16-17H2,1-5H3,(H,25,26). The lowest BCUT2D eigenvalue weighted by Crippen LogP contribution is -2.52. The average Bonchev–Trinajstić information content (AvgIpc) is 2.81. The molecule has 0 aliphatic carbocycles. The Bertz CT molecular complexity index is 885. The van der Waals surface area contributed by atoms with Gasteiger partial charge in [0.2, 0.25) is 5.75 Å². The molecule has 1 aromatic carbocycles. The maximum Gasteiger partial charge on any atom is 0.203 e. The number of pyridine rings is 1. The Hall–Kier alpha value is -3.00. The molecular weight excluding hydrogens is 406 g/mol. The number of aryl methyl sites for hydroxylation is 1. The van der Waals surface area contributed by atoms with Gasteiger partial charge < -0.3 is 24.4 Å². The first-order valence-corrected chi connectivity index (χ1v) is 11.0. The Morgan fingerprint density at radius 1 is 1.03 bits per heavy atom. The Labute approximate surface area is 191 Å². The van der Waals surface area contributed by atoms with Crippen molar-refractivity contribution in [3.05, 3.63) is 47.3 Å². The summed E-state index contributed by atoms with van der Waals surface area (Å²) in [6.45, 7) is 10.1. The van der Waals surface area contributed by atoms with Crippen molar-refractivity contribution in [2.45, 2.75) is 26.9 Å². The quantitative estimate of drug-likeness (QED) is 0.499. The van der Waals surface area contributed by atoms with Gasteiger partial charge in [-0.15, -0.1) is 0 Å². The van der Waals surface area contributed by atoms with Crippen LogP contribution in [0.5, 0.6) is 17.2 Å². The summed E-state index contributed by atoms with van der Waals surface area (Å²) in [7, 11) is 4.92. The lowest BCUT2D eigenvalue weighted by molar-refractivity contribution is 0.172. The van der Waals surface area contributed by atoms with E-state index in [1.165, 1.54) is 0 Å². The first kappa shape index (κ1) is 23.7. The molecular formula is C24H35N5O3. The third-order valence-corrected chi connectivity index (χ3v) is 5.47. The fourth-order valence-electron chi connectivity index (χ4n) is 3.87. The van der Waals surface area contributed by atoms with Crippen LogP contribution in [-0.4, -0.2) is 74.8 Å². The molecule has 0 radical (unpaired) electrons. The summed E-state index contributed by atoms with van der Waals surface area (Å²) in [6, 6.07) is 10.1. The highest BCUT2D eigenvalue weighted by molar-refractivity contribution is 5.80. The molecule has 2 aromatic rings. The second kappa shape index (κ2) is 11.6. The predicted molar refractivity (Wildman–Crippen MR) is 127 cm³/mol. The van der Waals surface area contributed by atoms with Crippen molar-refractivity contribution in [2.75, 3.05) is 54.1 Å². The zero-order valence-electron chi connectivity index (χ0n) is 19.9. The smallest absolute Gasteiger partial charge is 0.203 e. The van der Waals surface area contributed by atoms with Crippen molar-refractivity contribution in [3.8, 4) is 17.2 Å². The van der Waals surface area contributed by atoms with Crippen LogP contribution in [0, 0.1) is 6.92 Å². The van der Waals surface area contributed by atoms with E-state index in [9.17, 15) is 0 Å². The second-order valence-corrected chi connectivity index (χ2v) is 7.74. The van der Waals surface area contributed by atoms with Gasteiger partial charge in [-0.05, 0) is 43.7 Å². The van der Waals surface area contributed by atoms with Gasteiger partial charge in [-0.2, -0.15) is 0 Å². The van der Waals surface area contributed by atoms with Crippen LogP contribution in [0.2, 0.25) is 0 Å². The minimum atomic E-state index is 0.579. The van der Waals surface area contributed by atoms with Gasteiger partial charge in [0.1, 0.15) is 0 Å². The Kier molecular flexibility index (Phi) is 8.56. The molecule has 1 aromatic heterocycles. The zero-order chi connectivity index (χ0) is 22.9. The van der Waals surface area contributed by atoms with Crippen LogP contribution in [0.4, 0.5) is 0 Å². The molecule has 32 heavy (non-hydrogen) atoms. The molecule has 1 aliphatic rings. The summed E-state index contributed by atoms with van der Waals surface area (Å²) in [4.78, 5) is 14.1. The number of benzene rings is 1. The summed E-state index contributed by atoms with van der Waals surface area (Å²) in [6.07, 6.45) is 0. The minimum Gasteiger partial charge on any atom is -0.493 e. The molecule has 0 saturated carbocycles. The molecule has 1 N–H and O–H groups in total. The largest absolute Gasteiger partial charge is 0.493 e. The van der Waals surface area contributed by atoms with E-state index in [0.717, 1.165) is 62.2 Å². The van der Waals surface area contributed by atoms with Crippen molar-refractivity contribution in [1.29, 1.82) is 0 Å². The highest BCUT2D eigenvalue weighted by Gasteiger charge is 2.21. The molecule has 1 aliphatic heterocycles. The van der Waals surface area contributed by atoms with Gasteiger partial charge in [0, 0.05) is 45.0 Å². The molecule has 1 saturated heterocycles. The van der Waals surface area contributed by atoms with Gasteiger partial charge in [0.25, 0.3) is 0 Å². The maximum atomic E-state index is 5.49. The van der Waals surface area contributed by atoms with Gasteiger partial charge >= 0.3 is 0 Å².